The van der Waals surface area contributed by atoms with Crippen molar-refractivity contribution >= 4 is 0 Å². The van der Waals surface area contributed by atoms with Gasteiger partial charge in [-0.25, -0.2) is 0 Å². The molecular weight excluding hydrogens is 264 g/mol. The third-order valence-electron chi connectivity index (χ3n) is 5.38. The van der Waals surface area contributed by atoms with Crippen LogP contribution in [0, 0.1) is 5.92 Å². The fourth-order valence-corrected chi connectivity index (χ4v) is 4.15. The SMILES string of the molecule is COc1cc2c(cc1O)CCCC2CCC1CCCC1O. The van der Waals surface area contributed by atoms with Crippen molar-refractivity contribution in [2.45, 2.75) is 63.4 Å². The van der Waals surface area contributed by atoms with Gasteiger partial charge in [0.1, 0.15) is 0 Å². The zero-order chi connectivity index (χ0) is 14.8. The van der Waals surface area contributed by atoms with Gasteiger partial charge in [-0.1, -0.05) is 6.42 Å². The molecule has 0 heterocycles. The van der Waals surface area contributed by atoms with E-state index in [1.54, 1.807) is 7.11 Å². The Morgan fingerprint density at radius 2 is 2.00 bits per heavy atom. The fraction of sp³-hybridized carbons (Fsp3) is 0.667. The van der Waals surface area contributed by atoms with E-state index in [4.69, 9.17) is 4.74 Å². The standard InChI is InChI=1S/C18H26O3/c1-21-18-11-15-12(4-2-6-14(15)10-17(18)20)8-9-13-5-3-7-16(13)19/h10-13,16,19-20H,2-9H2,1H3. The molecule has 116 valence electrons. The van der Waals surface area contributed by atoms with Gasteiger partial charge >= 0.3 is 0 Å². The van der Waals surface area contributed by atoms with Crippen LogP contribution in [-0.2, 0) is 6.42 Å². The molecule has 3 heteroatoms. The van der Waals surface area contributed by atoms with Crippen molar-refractivity contribution in [3.63, 3.8) is 0 Å². The molecule has 0 spiro atoms. The third kappa shape index (κ3) is 3.03. The molecule has 2 N–H and O–H groups in total. The molecule has 1 aromatic carbocycles. The monoisotopic (exact) mass is 290 g/mol. The zero-order valence-corrected chi connectivity index (χ0v) is 12.8. The molecule has 3 atom stereocenters. The summed E-state index contributed by atoms with van der Waals surface area (Å²) in [5.74, 6) is 1.88. The van der Waals surface area contributed by atoms with Crippen molar-refractivity contribution in [3.05, 3.63) is 23.3 Å². The second kappa shape index (κ2) is 6.27. The van der Waals surface area contributed by atoms with Crippen LogP contribution in [0.4, 0.5) is 0 Å². The van der Waals surface area contributed by atoms with Crippen molar-refractivity contribution in [2.75, 3.05) is 7.11 Å². The van der Waals surface area contributed by atoms with Crippen LogP contribution < -0.4 is 4.74 Å². The number of phenols is 1. The Hall–Kier alpha value is -1.22. The summed E-state index contributed by atoms with van der Waals surface area (Å²) in [4.78, 5) is 0. The lowest BCUT2D eigenvalue weighted by Crippen LogP contribution is -2.16. The van der Waals surface area contributed by atoms with Gasteiger partial charge in [-0.2, -0.15) is 0 Å². The minimum Gasteiger partial charge on any atom is -0.504 e. The summed E-state index contributed by atoms with van der Waals surface area (Å²) >= 11 is 0. The topological polar surface area (TPSA) is 49.7 Å². The molecule has 3 unspecified atom stereocenters. The third-order valence-corrected chi connectivity index (χ3v) is 5.38. The van der Waals surface area contributed by atoms with E-state index in [-0.39, 0.29) is 11.9 Å². The van der Waals surface area contributed by atoms with E-state index in [1.165, 1.54) is 36.8 Å². The number of phenolic OH excluding ortho intramolecular Hbond substituents is 1. The van der Waals surface area contributed by atoms with Crippen LogP contribution in [0.3, 0.4) is 0 Å². The molecule has 0 amide bonds. The molecule has 2 aliphatic rings. The minimum atomic E-state index is -0.0811. The Bertz CT molecular complexity index is 497. The predicted octanol–water partition coefficient (Wildman–Crippen LogP) is 3.76. The number of benzene rings is 1. The first kappa shape index (κ1) is 14.7. The summed E-state index contributed by atoms with van der Waals surface area (Å²) in [6.45, 7) is 0. The summed E-state index contributed by atoms with van der Waals surface area (Å²) in [5.41, 5.74) is 2.62. The molecule has 0 radical (unpaired) electrons. The van der Waals surface area contributed by atoms with E-state index in [1.807, 2.05) is 12.1 Å². The molecule has 0 aliphatic heterocycles. The maximum absolute atomic E-state index is 9.98. The van der Waals surface area contributed by atoms with E-state index in [0.29, 0.717) is 17.6 Å². The largest absolute Gasteiger partial charge is 0.504 e. The number of hydrogen-bond acceptors (Lipinski definition) is 3. The second-order valence-corrected chi connectivity index (χ2v) is 6.65. The number of fused-ring (bicyclic) bond motifs is 1. The Kier molecular flexibility index (Phi) is 4.39. The van der Waals surface area contributed by atoms with Gasteiger partial charge in [0.2, 0.25) is 0 Å². The first-order valence-electron chi connectivity index (χ1n) is 8.27. The Morgan fingerprint density at radius 3 is 2.71 bits per heavy atom. The molecule has 0 saturated heterocycles. The zero-order valence-electron chi connectivity index (χ0n) is 12.8. The molecule has 1 fully saturated rings. The quantitative estimate of drug-likeness (QED) is 0.887. The lowest BCUT2D eigenvalue weighted by atomic mass is 9.78. The van der Waals surface area contributed by atoms with E-state index < -0.39 is 0 Å². The molecule has 0 bridgehead atoms. The highest BCUT2D eigenvalue weighted by Crippen LogP contribution is 2.42. The number of aliphatic hydroxyl groups is 1. The number of aryl methyl sites for hydroxylation is 1. The maximum atomic E-state index is 9.98. The van der Waals surface area contributed by atoms with E-state index in [2.05, 4.69) is 0 Å². The van der Waals surface area contributed by atoms with E-state index in [0.717, 1.165) is 25.7 Å². The van der Waals surface area contributed by atoms with E-state index >= 15 is 0 Å². The van der Waals surface area contributed by atoms with Crippen LogP contribution in [0.1, 0.15) is 62.0 Å². The van der Waals surface area contributed by atoms with Gasteiger partial charge in [0.05, 0.1) is 13.2 Å². The average molecular weight is 290 g/mol. The highest BCUT2D eigenvalue weighted by Gasteiger charge is 2.28. The predicted molar refractivity (Wildman–Crippen MR) is 82.9 cm³/mol. The molecule has 2 aliphatic carbocycles. The molecule has 1 saturated carbocycles. The van der Waals surface area contributed by atoms with Crippen LogP contribution in [0.15, 0.2) is 12.1 Å². The first-order valence-corrected chi connectivity index (χ1v) is 8.27. The van der Waals surface area contributed by atoms with Gasteiger partial charge in [0, 0.05) is 0 Å². The second-order valence-electron chi connectivity index (χ2n) is 6.65. The van der Waals surface area contributed by atoms with Gasteiger partial charge in [-0.15, -0.1) is 0 Å². The van der Waals surface area contributed by atoms with Crippen molar-refractivity contribution < 1.29 is 14.9 Å². The first-order chi connectivity index (χ1) is 10.2. The van der Waals surface area contributed by atoms with Gasteiger partial charge < -0.3 is 14.9 Å². The Labute approximate surface area is 127 Å². The Balaban J connectivity index is 1.73. The lowest BCUT2D eigenvalue weighted by molar-refractivity contribution is 0.125. The summed E-state index contributed by atoms with van der Waals surface area (Å²) in [6.07, 6.45) is 8.97. The van der Waals surface area contributed by atoms with Gasteiger partial charge in [0.25, 0.3) is 0 Å². The van der Waals surface area contributed by atoms with Crippen LogP contribution in [-0.4, -0.2) is 23.4 Å². The molecule has 0 aromatic heterocycles. The number of methoxy groups -OCH3 is 1. The summed E-state index contributed by atoms with van der Waals surface area (Å²) in [5, 5.41) is 19.9. The average Bonchev–Trinajstić information content (AvgIpc) is 2.89. The molecule has 3 rings (SSSR count). The lowest BCUT2D eigenvalue weighted by Gasteiger charge is -2.27. The van der Waals surface area contributed by atoms with E-state index in [9.17, 15) is 10.2 Å². The molecule has 3 nitrogen and oxygen atoms in total. The molecular formula is C18H26O3. The summed E-state index contributed by atoms with van der Waals surface area (Å²) in [7, 11) is 1.61. The highest BCUT2D eigenvalue weighted by atomic mass is 16.5. The normalized spacial score (nSPS) is 28.4. The van der Waals surface area contributed by atoms with Crippen molar-refractivity contribution in [3.8, 4) is 11.5 Å². The fourth-order valence-electron chi connectivity index (χ4n) is 4.15. The molecule has 21 heavy (non-hydrogen) atoms. The number of ether oxygens (including phenoxy) is 1. The van der Waals surface area contributed by atoms with Crippen LogP contribution in [0.25, 0.3) is 0 Å². The summed E-state index contributed by atoms with van der Waals surface area (Å²) in [6, 6.07) is 3.91. The number of hydrogen-bond donors (Lipinski definition) is 2. The maximum Gasteiger partial charge on any atom is 0.160 e. The van der Waals surface area contributed by atoms with Crippen LogP contribution in [0.2, 0.25) is 0 Å². The van der Waals surface area contributed by atoms with Gasteiger partial charge in [-0.3, -0.25) is 0 Å². The van der Waals surface area contributed by atoms with Gasteiger partial charge in [0.15, 0.2) is 11.5 Å². The van der Waals surface area contributed by atoms with Crippen molar-refractivity contribution in [1.82, 2.24) is 0 Å². The minimum absolute atomic E-state index is 0.0811. The van der Waals surface area contributed by atoms with Crippen LogP contribution >= 0.6 is 0 Å². The number of aliphatic hydroxyl groups excluding tert-OH is 1. The number of rotatable bonds is 4. The molecule has 1 aromatic rings. The summed E-state index contributed by atoms with van der Waals surface area (Å²) < 4.78 is 5.26. The number of aromatic hydroxyl groups is 1. The van der Waals surface area contributed by atoms with Crippen molar-refractivity contribution in [1.29, 1.82) is 0 Å². The Morgan fingerprint density at radius 1 is 1.14 bits per heavy atom. The van der Waals surface area contributed by atoms with Crippen molar-refractivity contribution in [2.24, 2.45) is 5.92 Å². The van der Waals surface area contributed by atoms with Crippen LogP contribution in [0.5, 0.6) is 11.5 Å². The highest BCUT2D eigenvalue weighted by molar-refractivity contribution is 5.48. The van der Waals surface area contributed by atoms with Gasteiger partial charge in [-0.05, 0) is 80.0 Å². The smallest absolute Gasteiger partial charge is 0.160 e.